The topological polar surface area (TPSA) is 205 Å². The third-order valence-electron chi connectivity index (χ3n) is 3.28. The monoisotopic (exact) mass is 390 g/mol. The van der Waals surface area contributed by atoms with E-state index in [9.17, 15) is 0 Å². The lowest BCUT2D eigenvalue weighted by atomic mass is 10.2. The summed E-state index contributed by atoms with van der Waals surface area (Å²) >= 11 is 0. The first kappa shape index (κ1) is 23.7. The Morgan fingerprint density at radius 2 is 0.852 bits per heavy atom. The molecular weight excluding hydrogens is 360 g/mol. The molecule has 3 atom stereocenters. The Bertz CT molecular complexity index is 442. The van der Waals surface area contributed by atoms with E-state index >= 15 is 0 Å². The number of hydrogen-bond donors (Lipinski definition) is 6. The molecule has 0 aromatic carbocycles. The first-order valence-corrected chi connectivity index (χ1v) is 8.61. The molecule has 156 valence electrons. The molecule has 0 fully saturated rings. The Morgan fingerprint density at radius 3 is 1.07 bits per heavy atom. The van der Waals surface area contributed by atoms with E-state index in [-0.39, 0.29) is 76.9 Å². The maximum absolute atomic E-state index is 8.79. The van der Waals surface area contributed by atoms with Crippen LogP contribution in [0.3, 0.4) is 0 Å². The lowest BCUT2D eigenvalue weighted by Gasteiger charge is -2.18. The number of rotatable bonds is 15. The summed E-state index contributed by atoms with van der Waals surface area (Å²) in [5.41, 5.74) is 18.1. The van der Waals surface area contributed by atoms with Gasteiger partial charge in [0.2, 0.25) is 0 Å². The van der Waals surface area contributed by atoms with Crippen molar-refractivity contribution in [2.45, 2.75) is 18.1 Å². The second-order valence-electron chi connectivity index (χ2n) is 5.63. The van der Waals surface area contributed by atoms with Crippen LogP contribution >= 0.6 is 0 Å². The molecule has 27 heavy (non-hydrogen) atoms. The van der Waals surface area contributed by atoms with Crippen LogP contribution in [0, 0.1) is 0 Å². The van der Waals surface area contributed by atoms with Gasteiger partial charge in [0.05, 0.1) is 77.6 Å². The Kier molecular flexibility index (Phi) is 12.1. The molecule has 12 heteroatoms. The fourth-order valence-electron chi connectivity index (χ4n) is 1.97. The molecule has 1 aromatic rings. The van der Waals surface area contributed by atoms with Crippen LogP contribution in [0.1, 0.15) is 35.6 Å². The zero-order valence-corrected chi connectivity index (χ0v) is 15.2. The second kappa shape index (κ2) is 13.8. The summed E-state index contributed by atoms with van der Waals surface area (Å²) < 4.78 is 15.6. The second-order valence-corrected chi connectivity index (χ2v) is 5.63. The molecule has 1 rings (SSSR count). The van der Waals surface area contributed by atoms with Crippen molar-refractivity contribution in [1.82, 2.24) is 15.0 Å². The molecule has 0 aliphatic heterocycles. The third-order valence-corrected chi connectivity index (χ3v) is 3.28. The van der Waals surface area contributed by atoms with E-state index in [1.54, 1.807) is 0 Å². The Hall–Kier alpha value is -1.35. The van der Waals surface area contributed by atoms with Crippen LogP contribution in [-0.4, -0.2) is 89.7 Å². The van der Waals surface area contributed by atoms with Crippen molar-refractivity contribution >= 4 is 0 Å². The average molecular weight is 390 g/mol. The maximum atomic E-state index is 8.79. The highest BCUT2D eigenvalue weighted by molar-refractivity contribution is 5.07. The van der Waals surface area contributed by atoms with E-state index in [1.807, 2.05) is 0 Å². The van der Waals surface area contributed by atoms with E-state index in [0.29, 0.717) is 0 Å². The van der Waals surface area contributed by atoms with Gasteiger partial charge in [-0.1, -0.05) is 0 Å². The molecule has 0 saturated heterocycles. The van der Waals surface area contributed by atoms with Crippen molar-refractivity contribution < 1.29 is 29.5 Å². The van der Waals surface area contributed by atoms with Gasteiger partial charge in [-0.05, 0) is 0 Å². The fourth-order valence-corrected chi connectivity index (χ4v) is 1.97. The smallest absolute Gasteiger partial charge is 0.151 e. The zero-order valence-electron chi connectivity index (χ0n) is 15.2. The molecule has 0 saturated carbocycles. The highest BCUT2D eigenvalue weighted by atomic mass is 16.5. The van der Waals surface area contributed by atoms with Crippen LogP contribution in [0.15, 0.2) is 0 Å². The number of aromatic nitrogens is 3. The summed E-state index contributed by atoms with van der Waals surface area (Å²) in [7, 11) is 0. The lowest BCUT2D eigenvalue weighted by Crippen LogP contribution is -2.29. The van der Waals surface area contributed by atoms with Crippen molar-refractivity contribution in [3.63, 3.8) is 0 Å². The molecule has 0 aliphatic rings. The van der Waals surface area contributed by atoms with E-state index in [1.165, 1.54) is 0 Å². The van der Waals surface area contributed by atoms with Crippen molar-refractivity contribution in [3.8, 4) is 0 Å². The zero-order chi connectivity index (χ0) is 20.1. The van der Waals surface area contributed by atoms with Gasteiger partial charge in [0.15, 0.2) is 17.5 Å². The van der Waals surface area contributed by atoms with Crippen molar-refractivity contribution in [3.05, 3.63) is 17.5 Å². The average Bonchev–Trinajstić information content (AvgIpc) is 2.67. The molecule has 0 bridgehead atoms. The largest absolute Gasteiger partial charge is 0.394 e. The predicted octanol–water partition coefficient (Wildman–Crippen LogP) is -3.10. The standard InChI is InChI=1S/C15H30N6O6/c16-10(7-25-4-1-22)13-19-14(11(17)8-26-5-2-23)21-15(20-13)12(18)9-27-6-3-24/h10-12,22-24H,1-9,16-18H2. The van der Waals surface area contributed by atoms with Gasteiger partial charge in [-0.3, -0.25) is 0 Å². The number of aliphatic hydroxyl groups excluding tert-OH is 3. The maximum Gasteiger partial charge on any atom is 0.151 e. The van der Waals surface area contributed by atoms with Crippen LogP contribution in [0.5, 0.6) is 0 Å². The first-order chi connectivity index (χ1) is 13.0. The summed E-state index contributed by atoms with van der Waals surface area (Å²) in [6.07, 6.45) is 0. The first-order valence-electron chi connectivity index (χ1n) is 8.61. The molecule has 0 amide bonds. The van der Waals surface area contributed by atoms with Gasteiger partial charge in [0.25, 0.3) is 0 Å². The minimum Gasteiger partial charge on any atom is -0.394 e. The summed E-state index contributed by atoms with van der Waals surface area (Å²) in [5, 5.41) is 26.4. The van der Waals surface area contributed by atoms with Crippen molar-refractivity contribution in [2.75, 3.05) is 59.5 Å². The number of nitrogens with two attached hydrogens (primary N) is 3. The number of aliphatic hydroxyl groups is 3. The third kappa shape index (κ3) is 8.92. The molecular formula is C15H30N6O6. The normalized spacial score (nSPS) is 14.9. The number of ether oxygens (including phenoxy) is 3. The van der Waals surface area contributed by atoms with Crippen LogP contribution in [0.2, 0.25) is 0 Å². The molecule has 0 aliphatic carbocycles. The minimum atomic E-state index is -0.673. The van der Waals surface area contributed by atoms with Crippen LogP contribution in [0.4, 0.5) is 0 Å². The number of nitrogens with zero attached hydrogens (tertiary/aromatic N) is 3. The number of hydrogen-bond acceptors (Lipinski definition) is 12. The van der Waals surface area contributed by atoms with Gasteiger partial charge in [-0.2, -0.15) is 0 Å². The van der Waals surface area contributed by atoms with E-state index < -0.39 is 18.1 Å². The Balaban J connectivity index is 2.95. The fraction of sp³-hybridized carbons (Fsp3) is 0.800. The molecule has 1 heterocycles. The Labute approximate surface area is 157 Å². The minimum absolute atomic E-state index is 0.0932. The van der Waals surface area contributed by atoms with Crippen LogP contribution in [0.25, 0.3) is 0 Å². The van der Waals surface area contributed by atoms with Gasteiger partial charge >= 0.3 is 0 Å². The molecule has 3 unspecified atom stereocenters. The van der Waals surface area contributed by atoms with Gasteiger partial charge in [-0.25, -0.2) is 15.0 Å². The molecule has 1 aromatic heterocycles. The van der Waals surface area contributed by atoms with Gasteiger partial charge in [-0.15, -0.1) is 0 Å². The quantitative estimate of drug-likeness (QED) is 0.165. The highest BCUT2D eigenvalue weighted by Crippen LogP contribution is 2.14. The van der Waals surface area contributed by atoms with Crippen molar-refractivity contribution in [2.24, 2.45) is 17.2 Å². The molecule has 9 N–H and O–H groups in total. The van der Waals surface area contributed by atoms with Crippen molar-refractivity contribution in [1.29, 1.82) is 0 Å². The molecule has 12 nitrogen and oxygen atoms in total. The summed E-state index contributed by atoms with van der Waals surface area (Å²) in [4.78, 5) is 12.8. The van der Waals surface area contributed by atoms with E-state index in [4.69, 9.17) is 46.7 Å². The van der Waals surface area contributed by atoms with Gasteiger partial charge in [0.1, 0.15) is 0 Å². The van der Waals surface area contributed by atoms with Crippen LogP contribution in [-0.2, 0) is 14.2 Å². The SMILES string of the molecule is NC(COCCO)c1nc(C(N)COCCO)nc(C(N)COCCO)n1. The predicted molar refractivity (Wildman–Crippen MR) is 94.3 cm³/mol. The highest BCUT2D eigenvalue weighted by Gasteiger charge is 2.20. The summed E-state index contributed by atoms with van der Waals surface area (Å²) in [5.74, 6) is 0.717. The van der Waals surface area contributed by atoms with Crippen LogP contribution < -0.4 is 17.2 Å². The van der Waals surface area contributed by atoms with E-state index in [2.05, 4.69) is 15.0 Å². The summed E-state index contributed by atoms with van der Waals surface area (Å²) in [6.45, 7) is 0.328. The van der Waals surface area contributed by atoms with E-state index in [0.717, 1.165) is 0 Å². The van der Waals surface area contributed by atoms with Gasteiger partial charge < -0.3 is 46.7 Å². The summed E-state index contributed by atoms with van der Waals surface area (Å²) in [6, 6.07) is -2.02. The molecule has 0 spiro atoms. The molecule has 0 radical (unpaired) electrons. The lowest BCUT2D eigenvalue weighted by molar-refractivity contribution is 0.0779. The Morgan fingerprint density at radius 1 is 0.593 bits per heavy atom. The van der Waals surface area contributed by atoms with Gasteiger partial charge in [0, 0.05) is 0 Å².